The Morgan fingerprint density at radius 3 is 2.57 bits per heavy atom. The Morgan fingerprint density at radius 1 is 1.18 bits per heavy atom. The number of methoxy groups -OCH3 is 1. The van der Waals surface area contributed by atoms with Crippen molar-refractivity contribution in [3.05, 3.63) is 59.1 Å². The minimum atomic E-state index is -0.342. The molecule has 7 heteroatoms. The number of anilines is 1. The summed E-state index contributed by atoms with van der Waals surface area (Å²) >= 11 is 5.87. The molecule has 1 aliphatic heterocycles. The SMILES string of the molecule is COCCN1CC(C(=O)Nc2ccc(OCc3ccc(Cl)cc3)cc2)CC1=O. The molecule has 6 nitrogen and oxygen atoms in total. The second-order valence-electron chi connectivity index (χ2n) is 6.66. The van der Waals surface area contributed by atoms with E-state index >= 15 is 0 Å². The van der Waals surface area contributed by atoms with Crippen LogP contribution >= 0.6 is 11.6 Å². The maximum absolute atomic E-state index is 12.4. The Balaban J connectivity index is 1.49. The zero-order valence-corrected chi connectivity index (χ0v) is 16.4. The molecule has 0 spiro atoms. The average molecular weight is 403 g/mol. The van der Waals surface area contributed by atoms with Crippen molar-refractivity contribution in [1.82, 2.24) is 4.90 Å². The first kappa shape index (κ1) is 20.2. The molecule has 2 aromatic carbocycles. The molecule has 1 aliphatic rings. The molecule has 0 bridgehead atoms. The maximum Gasteiger partial charge on any atom is 0.229 e. The first-order valence-corrected chi connectivity index (χ1v) is 9.48. The third-order valence-corrected chi connectivity index (χ3v) is 4.84. The summed E-state index contributed by atoms with van der Waals surface area (Å²) in [6.45, 7) is 1.84. The van der Waals surface area contributed by atoms with E-state index in [1.54, 1.807) is 36.3 Å². The van der Waals surface area contributed by atoms with Gasteiger partial charge in [0, 0.05) is 37.3 Å². The van der Waals surface area contributed by atoms with Gasteiger partial charge in [-0.05, 0) is 42.0 Å². The molecule has 2 aromatic rings. The van der Waals surface area contributed by atoms with Crippen molar-refractivity contribution in [2.45, 2.75) is 13.0 Å². The lowest BCUT2D eigenvalue weighted by Crippen LogP contribution is -2.30. The Bertz CT molecular complexity index is 808. The van der Waals surface area contributed by atoms with Crippen LogP contribution in [0.5, 0.6) is 5.75 Å². The van der Waals surface area contributed by atoms with E-state index in [1.165, 1.54) is 0 Å². The second kappa shape index (κ2) is 9.57. The van der Waals surface area contributed by atoms with Crippen LogP contribution in [0, 0.1) is 5.92 Å². The predicted octanol–water partition coefficient (Wildman–Crippen LogP) is 3.35. The van der Waals surface area contributed by atoms with Crippen LogP contribution in [0.1, 0.15) is 12.0 Å². The summed E-state index contributed by atoms with van der Waals surface area (Å²) < 4.78 is 10.7. The minimum Gasteiger partial charge on any atom is -0.489 e. The zero-order chi connectivity index (χ0) is 19.9. The fraction of sp³-hybridized carbons (Fsp3) is 0.333. The van der Waals surface area contributed by atoms with E-state index in [-0.39, 0.29) is 24.2 Å². The molecule has 0 aliphatic carbocycles. The fourth-order valence-corrected chi connectivity index (χ4v) is 3.12. The summed E-state index contributed by atoms with van der Waals surface area (Å²) in [4.78, 5) is 26.1. The number of hydrogen-bond donors (Lipinski definition) is 1. The minimum absolute atomic E-state index is 0.0110. The van der Waals surface area contributed by atoms with Gasteiger partial charge in [0.25, 0.3) is 0 Å². The highest BCUT2D eigenvalue weighted by molar-refractivity contribution is 6.30. The quantitative estimate of drug-likeness (QED) is 0.735. The maximum atomic E-state index is 12.4. The number of hydrogen-bond acceptors (Lipinski definition) is 4. The van der Waals surface area contributed by atoms with Crippen LogP contribution in [-0.4, -0.2) is 43.5 Å². The molecule has 1 fully saturated rings. The van der Waals surface area contributed by atoms with E-state index in [0.29, 0.717) is 42.8 Å². The molecule has 3 rings (SSSR count). The van der Waals surface area contributed by atoms with Gasteiger partial charge in [-0.3, -0.25) is 9.59 Å². The molecule has 0 saturated carbocycles. The number of amides is 2. The molecule has 1 heterocycles. The van der Waals surface area contributed by atoms with Crippen molar-refractivity contribution >= 4 is 29.1 Å². The number of carbonyl (C=O) groups is 2. The Kier molecular flexibility index (Phi) is 6.90. The number of rotatable bonds is 8. The van der Waals surface area contributed by atoms with E-state index < -0.39 is 0 Å². The number of ether oxygens (including phenoxy) is 2. The van der Waals surface area contributed by atoms with Crippen molar-refractivity contribution in [2.24, 2.45) is 5.92 Å². The van der Waals surface area contributed by atoms with Crippen molar-refractivity contribution < 1.29 is 19.1 Å². The largest absolute Gasteiger partial charge is 0.489 e. The van der Waals surface area contributed by atoms with Gasteiger partial charge in [-0.25, -0.2) is 0 Å². The third-order valence-electron chi connectivity index (χ3n) is 4.59. The molecule has 2 amide bonds. The second-order valence-corrected chi connectivity index (χ2v) is 7.10. The number of carbonyl (C=O) groups excluding carboxylic acids is 2. The first-order valence-electron chi connectivity index (χ1n) is 9.10. The molecule has 1 atom stereocenters. The van der Waals surface area contributed by atoms with Crippen LogP contribution in [-0.2, 0) is 20.9 Å². The highest BCUT2D eigenvalue weighted by Crippen LogP contribution is 2.22. The lowest BCUT2D eigenvalue weighted by Gasteiger charge is -2.16. The lowest BCUT2D eigenvalue weighted by atomic mass is 10.1. The van der Waals surface area contributed by atoms with Gasteiger partial charge in [0.1, 0.15) is 12.4 Å². The molecule has 0 aromatic heterocycles. The van der Waals surface area contributed by atoms with Crippen LogP contribution in [0.15, 0.2) is 48.5 Å². The Hall–Kier alpha value is -2.57. The third kappa shape index (κ3) is 5.47. The van der Waals surface area contributed by atoms with Crippen molar-refractivity contribution in [1.29, 1.82) is 0 Å². The molecule has 28 heavy (non-hydrogen) atoms. The standard InChI is InChI=1S/C21H23ClN2O4/c1-27-11-10-24-13-16(12-20(24)25)21(26)23-18-6-8-19(9-7-18)28-14-15-2-4-17(22)5-3-15/h2-9,16H,10-14H2,1H3,(H,23,26). The first-order chi connectivity index (χ1) is 13.5. The van der Waals surface area contributed by atoms with Gasteiger partial charge in [0.15, 0.2) is 0 Å². The van der Waals surface area contributed by atoms with Gasteiger partial charge in [-0.1, -0.05) is 23.7 Å². The number of likely N-dealkylation sites (tertiary alicyclic amines) is 1. The zero-order valence-electron chi connectivity index (χ0n) is 15.7. The Morgan fingerprint density at radius 2 is 1.89 bits per heavy atom. The van der Waals surface area contributed by atoms with E-state index in [9.17, 15) is 9.59 Å². The van der Waals surface area contributed by atoms with Gasteiger partial charge in [0.05, 0.1) is 12.5 Å². The van der Waals surface area contributed by atoms with Gasteiger partial charge in [0.2, 0.25) is 11.8 Å². The van der Waals surface area contributed by atoms with Crippen LogP contribution in [0.2, 0.25) is 5.02 Å². The molecule has 0 radical (unpaired) electrons. The summed E-state index contributed by atoms with van der Waals surface area (Å²) in [5.41, 5.74) is 1.69. The van der Waals surface area contributed by atoms with E-state index in [4.69, 9.17) is 21.1 Å². The predicted molar refractivity (Wildman–Crippen MR) is 107 cm³/mol. The molecular formula is C21H23ClN2O4. The van der Waals surface area contributed by atoms with Crippen LogP contribution in [0.25, 0.3) is 0 Å². The number of nitrogens with one attached hydrogen (secondary N) is 1. The molecule has 1 saturated heterocycles. The van der Waals surface area contributed by atoms with Crippen LogP contribution < -0.4 is 10.1 Å². The van der Waals surface area contributed by atoms with Gasteiger partial charge in [-0.2, -0.15) is 0 Å². The normalized spacial score (nSPS) is 16.3. The van der Waals surface area contributed by atoms with Crippen LogP contribution in [0.3, 0.4) is 0 Å². The lowest BCUT2D eigenvalue weighted by molar-refractivity contribution is -0.128. The molecule has 148 valence electrons. The summed E-state index contributed by atoms with van der Waals surface area (Å²) in [5, 5.41) is 3.56. The summed E-state index contributed by atoms with van der Waals surface area (Å²) in [6, 6.07) is 14.6. The fourth-order valence-electron chi connectivity index (χ4n) is 2.99. The van der Waals surface area contributed by atoms with Gasteiger partial charge < -0.3 is 19.7 Å². The average Bonchev–Trinajstić information content (AvgIpc) is 3.08. The van der Waals surface area contributed by atoms with Gasteiger partial charge in [-0.15, -0.1) is 0 Å². The van der Waals surface area contributed by atoms with E-state index in [1.807, 2.05) is 24.3 Å². The summed E-state index contributed by atoms with van der Waals surface area (Å²) in [7, 11) is 1.59. The smallest absolute Gasteiger partial charge is 0.229 e. The molecule has 1 unspecified atom stereocenters. The highest BCUT2D eigenvalue weighted by Gasteiger charge is 2.33. The molecular weight excluding hydrogens is 380 g/mol. The monoisotopic (exact) mass is 402 g/mol. The highest BCUT2D eigenvalue weighted by atomic mass is 35.5. The van der Waals surface area contributed by atoms with Gasteiger partial charge >= 0.3 is 0 Å². The van der Waals surface area contributed by atoms with Crippen molar-refractivity contribution in [3.63, 3.8) is 0 Å². The summed E-state index contributed by atoms with van der Waals surface area (Å²) in [6.07, 6.45) is 0.234. The van der Waals surface area contributed by atoms with E-state index in [0.717, 1.165) is 5.56 Å². The number of halogens is 1. The number of benzene rings is 2. The summed E-state index contributed by atoms with van der Waals surface area (Å²) in [5.74, 6) is 0.200. The van der Waals surface area contributed by atoms with Crippen LogP contribution in [0.4, 0.5) is 5.69 Å². The van der Waals surface area contributed by atoms with Crippen molar-refractivity contribution in [3.8, 4) is 5.75 Å². The van der Waals surface area contributed by atoms with E-state index in [2.05, 4.69) is 5.32 Å². The van der Waals surface area contributed by atoms with Crippen molar-refractivity contribution in [2.75, 3.05) is 32.1 Å². The number of nitrogens with zero attached hydrogens (tertiary/aromatic N) is 1. The topological polar surface area (TPSA) is 67.9 Å². The molecule has 1 N–H and O–H groups in total. The Labute approximate surface area is 169 Å².